The van der Waals surface area contributed by atoms with Crippen molar-refractivity contribution < 1.29 is 4.79 Å². The smallest absolute Gasteiger partial charge is 0.276 e. The summed E-state index contributed by atoms with van der Waals surface area (Å²) in [6.45, 7) is 6.60. The number of para-hydroxylation sites is 1. The number of amides is 1. The highest BCUT2D eigenvalue weighted by Gasteiger charge is 2.19. The molecular formula is C22H23N3O2. The van der Waals surface area contributed by atoms with Crippen molar-refractivity contribution in [2.45, 2.75) is 32.7 Å². The lowest BCUT2D eigenvalue weighted by molar-refractivity contribution is 0.101. The van der Waals surface area contributed by atoms with Crippen LogP contribution in [0, 0.1) is 0 Å². The van der Waals surface area contributed by atoms with E-state index in [1.54, 1.807) is 0 Å². The van der Waals surface area contributed by atoms with Crippen LogP contribution in [0.4, 0.5) is 5.69 Å². The third kappa shape index (κ3) is 4.50. The Bertz CT molecular complexity index is 1000. The van der Waals surface area contributed by atoms with E-state index in [0.717, 1.165) is 16.8 Å². The number of carbonyl (C=O) groups is 1. The van der Waals surface area contributed by atoms with E-state index in [2.05, 4.69) is 31.2 Å². The van der Waals surface area contributed by atoms with E-state index in [1.807, 2.05) is 54.6 Å². The number of nitrogens with one attached hydrogen (secondary N) is 1. The number of hydrogen-bond acceptors (Lipinski definition) is 3. The topological polar surface area (TPSA) is 64.0 Å². The largest absolute Gasteiger partial charge is 0.320 e. The molecule has 2 aromatic carbocycles. The van der Waals surface area contributed by atoms with Gasteiger partial charge in [-0.15, -0.1) is 0 Å². The lowest BCUT2D eigenvalue weighted by atomic mass is 9.86. The van der Waals surface area contributed by atoms with E-state index in [4.69, 9.17) is 0 Å². The molecule has 138 valence electrons. The van der Waals surface area contributed by atoms with Crippen LogP contribution in [-0.4, -0.2) is 15.7 Å². The summed E-state index contributed by atoms with van der Waals surface area (Å²) in [5.41, 5.74) is 2.58. The molecule has 1 heterocycles. The maximum Gasteiger partial charge on any atom is 0.276 e. The predicted octanol–water partition coefficient (Wildman–Crippen LogP) is 3.84. The molecule has 1 N–H and O–H groups in total. The van der Waals surface area contributed by atoms with Crippen LogP contribution >= 0.6 is 0 Å². The molecular weight excluding hydrogens is 338 g/mol. The number of carbonyl (C=O) groups excluding carboxylic acids is 1. The van der Waals surface area contributed by atoms with Crippen molar-refractivity contribution in [2.24, 2.45) is 0 Å². The SMILES string of the molecule is CC(C)(C)c1ccccc1NC(=O)c1ccc(=O)n(Cc2ccccc2)n1. The Morgan fingerprint density at radius 1 is 0.963 bits per heavy atom. The third-order valence-electron chi connectivity index (χ3n) is 4.26. The van der Waals surface area contributed by atoms with Crippen molar-refractivity contribution in [3.05, 3.63) is 93.9 Å². The minimum atomic E-state index is -0.339. The standard InChI is InChI=1S/C22H23N3O2/c1-22(2,3)17-11-7-8-12-18(17)23-21(27)19-13-14-20(26)25(24-19)15-16-9-5-4-6-10-16/h4-14H,15H2,1-3H3,(H,23,27). The summed E-state index contributed by atoms with van der Waals surface area (Å²) in [6, 6.07) is 20.1. The fourth-order valence-electron chi connectivity index (χ4n) is 2.87. The summed E-state index contributed by atoms with van der Waals surface area (Å²) in [5, 5.41) is 7.17. The van der Waals surface area contributed by atoms with Gasteiger partial charge in [-0.05, 0) is 28.7 Å². The lowest BCUT2D eigenvalue weighted by Crippen LogP contribution is -2.27. The fraction of sp³-hybridized carbons (Fsp3) is 0.227. The highest BCUT2D eigenvalue weighted by atomic mass is 16.2. The van der Waals surface area contributed by atoms with Crippen molar-refractivity contribution in [3.63, 3.8) is 0 Å². The summed E-state index contributed by atoms with van der Waals surface area (Å²) in [6.07, 6.45) is 0. The van der Waals surface area contributed by atoms with Gasteiger partial charge in [0.05, 0.1) is 6.54 Å². The Morgan fingerprint density at radius 3 is 2.33 bits per heavy atom. The van der Waals surface area contributed by atoms with Gasteiger partial charge in [-0.2, -0.15) is 5.10 Å². The van der Waals surface area contributed by atoms with Gasteiger partial charge in [-0.25, -0.2) is 4.68 Å². The third-order valence-corrected chi connectivity index (χ3v) is 4.26. The van der Waals surface area contributed by atoms with Crippen LogP contribution in [0.3, 0.4) is 0 Å². The second kappa shape index (κ2) is 7.58. The molecule has 3 rings (SSSR count). The molecule has 0 bridgehead atoms. The number of aromatic nitrogens is 2. The minimum Gasteiger partial charge on any atom is -0.320 e. The van der Waals surface area contributed by atoms with Gasteiger partial charge < -0.3 is 5.32 Å². The van der Waals surface area contributed by atoms with Crippen LogP contribution in [0.5, 0.6) is 0 Å². The highest BCUT2D eigenvalue weighted by molar-refractivity contribution is 6.03. The Morgan fingerprint density at radius 2 is 1.63 bits per heavy atom. The van der Waals surface area contributed by atoms with Crippen molar-refractivity contribution >= 4 is 11.6 Å². The van der Waals surface area contributed by atoms with E-state index >= 15 is 0 Å². The maximum atomic E-state index is 12.7. The first-order valence-electron chi connectivity index (χ1n) is 8.87. The molecule has 5 nitrogen and oxygen atoms in total. The van der Waals surface area contributed by atoms with E-state index in [-0.39, 0.29) is 22.6 Å². The first-order valence-corrected chi connectivity index (χ1v) is 8.87. The Hall–Kier alpha value is -3.21. The summed E-state index contributed by atoms with van der Waals surface area (Å²) >= 11 is 0. The summed E-state index contributed by atoms with van der Waals surface area (Å²) in [5.74, 6) is -0.339. The Labute approximate surface area is 158 Å². The van der Waals surface area contributed by atoms with Crippen LogP contribution < -0.4 is 10.9 Å². The molecule has 5 heteroatoms. The zero-order chi connectivity index (χ0) is 19.4. The zero-order valence-corrected chi connectivity index (χ0v) is 15.8. The molecule has 0 spiro atoms. The lowest BCUT2D eigenvalue weighted by Gasteiger charge is -2.22. The van der Waals surface area contributed by atoms with Crippen molar-refractivity contribution in [1.29, 1.82) is 0 Å². The fourth-order valence-corrected chi connectivity index (χ4v) is 2.87. The second-order valence-electron chi connectivity index (χ2n) is 7.45. The van der Waals surface area contributed by atoms with E-state index in [1.165, 1.54) is 16.8 Å². The van der Waals surface area contributed by atoms with Crippen molar-refractivity contribution in [3.8, 4) is 0 Å². The van der Waals surface area contributed by atoms with Crippen molar-refractivity contribution in [1.82, 2.24) is 9.78 Å². The zero-order valence-electron chi connectivity index (χ0n) is 15.8. The molecule has 1 amide bonds. The average molecular weight is 361 g/mol. The second-order valence-corrected chi connectivity index (χ2v) is 7.45. The van der Waals surface area contributed by atoms with Gasteiger partial charge in [0.25, 0.3) is 11.5 Å². The van der Waals surface area contributed by atoms with Crippen LogP contribution in [0.1, 0.15) is 42.4 Å². The Kier molecular flexibility index (Phi) is 5.21. The van der Waals surface area contributed by atoms with E-state index in [0.29, 0.717) is 6.54 Å². The van der Waals surface area contributed by atoms with Gasteiger partial charge in [-0.3, -0.25) is 9.59 Å². The van der Waals surface area contributed by atoms with Crippen LogP contribution in [-0.2, 0) is 12.0 Å². The molecule has 0 radical (unpaired) electrons. The molecule has 0 atom stereocenters. The van der Waals surface area contributed by atoms with Crippen molar-refractivity contribution in [2.75, 3.05) is 5.32 Å². The molecule has 0 aliphatic rings. The molecule has 1 aromatic heterocycles. The Balaban J connectivity index is 1.86. The van der Waals surface area contributed by atoms with Gasteiger partial charge in [0.15, 0.2) is 0 Å². The van der Waals surface area contributed by atoms with E-state index < -0.39 is 0 Å². The number of benzene rings is 2. The van der Waals surface area contributed by atoms with Gasteiger partial charge in [0.2, 0.25) is 0 Å². The van der Waals surface area contributed by atoms with Gasteiger partial charge in [0, 0.05) is 11.8 Å². The molecule has 3 aromatic rings. The van der Waals surface area contributed by atoms with E-state index in [9.17, 15) is 9.59 Å². The monoisotopic (exact) mass is 361 g/mol. The minimum absolute atomic E-state index is 0.108. The normalized spacial score (nSPS) is 11.2. The van der Waals surface area contributed by atoms with Gasteiger partial charge in [-0.1, -0.05) is 69.3 Å². The predicted molar refractivity (Wildman–Crippen MR) is 107 cm³/mol. The molecule has 0 fully saturated rings. The number of anilines is 1. The number of rotatable bonds is 4. The first-order chi connectivity index (χ1) is 12.8. The summed E-state index contributed by atoms with van der Waals surface area (Å²) in [4.78, 5) is 24.8. The molecule has 0 aliphatic heterocycles. The molecule has 0 aliphatic carbocycles. The van der Waals surface area contributed by atoms with Crippen LogP contribution in [0.15, 0.2) is 71.5 Å². The molecule has 0 saturated carbocycles. The number of nitrogens with zero attached hydrogens (tertiary/aromatic N) is 2. The van der Waals surface area contributed by atoms with Crippen LogP contribution in [0.2, 0.25) is 0 Å². The molecule has 0 unspecified atom stereocenters. The average Bonchev–Trinajstić information content (AvgIpc) is 2.64. The molecule has 0 saturated heterocycles. The summed E-state index contributed by atoms with van der Waals surface area (Å²) in [7, 11) is 0. The van der Waals surface area contributed by atoms with Gasteiger partial charge >= 0.3 is 0 Å². The maximum absolute atomic E-state index is 12.7. The highest BCUT2D eigenvalue weighted by Crippen LogP contribution is 2.29. The summed E-state index contributed by atoms with van der Waals surface area (Å²) < 4.78 is 1.31. The first kappa shape index (κ1) is 18.6. The molecule has 27 heavy (non-hydrogen) atoms. The number of hydrogen-bond donors (Lipinski definition) is 1. The van der Waals surface area contributed by atoms with Crippen LogP contribution in [0.25, 0.3) is 0 Å². The van der Waals surface area contributed by atoms with Gasteiger partial charge in [0.1, 0.15) is 5.69 Å². The quantitative estimate of drug-likeness (QED) is 0.768.